The Hall–Kier alpha value is -3.09. The maximum absolute atomic E-state index is 9.54. The van der Waals surface area contributed by atoms with Crippen LogP contribution in [0.25, 0.3) is 11.6 Å². The largest absolute Gasteiger partial charge is 0.394 e. The quantitative estimate of drug-likeness (QED) is 0.839. The van der Waals surface area contributed by atoms with Gasteiger partial charge in [0, 0.05) is 0 Å². The molecule has 122 valence electrons. The van der Waals surface area contributed by atoms with Crippen molar-refractivity contribution < 1.29 is 5.11 Å². The van der Waals surface area contributed by atoms with Crippen molar-refractivity contribution in [1.29, 1.82) is 10.5 Å². The Kier molecular flexibility index (Phi) is 5.03. The van der Waals surface area contributed by atoms with E-state index in [-0.39, 0.29) is 35.8 Å². The normalized spacial score (nSPS) is 11.2. The Balaban J connectivity index is 2.62. The molecule has 0 unspecified atom stereocenters. The molecule has 2 aromatic rings. The fourth-order valence-electron chi connectivity index (χ4n) is 2.49. The Morgan fingerprint density at radius 2 is 1.92 bits per heavy atom. The molecule has 0 atom stereocenters. The predicted molar refractivity (Wildman–Crippen MR) is 92.6 cm³/mol. The first-order valence-corrected chi connectivity index (χ1v) is 7.50. The molecule has 0 aliphatic rings. The number of hydrogen-bond acceptors (Lipinski definition) is 5. The summed E-state index contributed by atoms with van der Waals surface area (Å²) in [6.45, 7) is 6.02. The highest BCUT2D eigenvalue weighted by atomic mass is 16.3. The van der Waals surface area contributed by atoms with Gasteiger partial charge in [0.15, 0.2) is 0 Å². The number of allylic oxidation sites excluding steroid dienone is 1. The van der Waals surface area contributed by atoms with E-state index in [1.165, 1.54) is 10.2 Å². The average Bonchev–Trinajstić information content (AvgIpc) is 2.86. The molecule has 1 aromatic heterocycles. The number of nitriles is 2. The number of aliphatic hydroxyl groups is 1. The number of aromatic nitrogens is 2. The summed E-state index contributed by atoms with van der Waals surface area (Å²) < 4.78 is 1.34. The third-order valence-corrected chi connectivity index (χ3v) is 3.97. The molecule has 0 radical (unpaired) electrons. The molecular weight excluding hydrogens is 302 g/mol. The summed E-state index contributed by atoms with van der Waals surface area (Å²) in [5.41, 5.74) is 10.8. The third kappa shape index (κ3) is 3.15. The van der Waals surface area contributed by atoms with E-state index >= 15 is 0 Å². The zero-order valence-electron chi connectivity index (χ0n) is 14.0. The van der Waals surface area contributed by atoms with Gasteiger partial charge >= 0.3 is 0 Å². The van der Waals surface area contributed by atoms with Crippen LogP contribution in [-0.2, 0) is 6.54 Å². The van der Waals surface area contributed by atoms with E-state index in [4.69, 9.17) is 10.8 Å². The lowest BCUT2D eigenvalue weighted by atomic mass is 9.98. The summed E-state index contributed by atoms with van der Waals surface area (Å²) in [6.07, 6.45) is 1.72. The summed E-state index contributed by atoms with van der Waals surface area (Å²) in [5, 5.41) is 32.2. The van der Waals surface area contributed by atoms with Crippen molar-refractivity contribution in [2.24, 2.45) is 0 Å². The SMILES string of the molecule is Cc1cc(C)c(/C=C(\C#N)c2nn(CCO)c(N)c2C#N)cc1C. The number of rotatable bonds is 4. The van der Waals surface area contributed by atoms with E-state index in [1.807, 2.05) is 32.9 Å². The molecule has 0 saturated carbocycles. The van der Waals surface area contributed by atoms with Gasteiger partial charge in [-0.1, -0.05) is 12.1 Å². The molecule has 2 rings (SSSR count). The van der Waals surface area contributed by atoms with Gasteiger partial charge in [0.1, 0.15) is 29.2 Å². The van der Waals surface area contributed by atoms with E-state index in [0.717, 1.165) is 16.7 Å². The van der Waals surface area contributed by atoms with Crippen molar-refractivity contribution in [2.45, 2.75) is 27.3 Å². The van der Waals surface area contributed by atoms with Crippen LogP contribution in [0.15, 0.2) is 12.1 Å². The molecule has 0 spiro atoms. The molecule has 0 aliphatic heterocycles. The van der Waals surface area contributed by atoms with Crippen molar-refractivity contribution in [3.63, 3.8) is 0 Å². The molecule has 0 amide bonds. The highest BCUT2D eigenvalue weighted by molar-refractivity contribution is 5.91. The van der Waals surface area contributed by atoms with Gasteiger partial charge in [-0.3, -0.25) is 0 Å². The molecule has 0 bridgehead atoms. The molecule has 0 saturated heterocycles. The minimum Gasteiger partial charge on any atom is -0.394 e. The van der Waals surface area contributed by atoms with Crippen molar-refractivity contribution >= 4 is 17.5 Å². The van der Waals surface area contributed by atoms with Gasteiger partial charge in [-0.15, -0.1) is 0 Å². The van der Waals surface area contributed by atoms with Crippen LogP contribution in [0.2, 0.25) is 0 Å². The van der Waals surface area contributed by atoms with Crippen LogP contribution < -0.4 is 5.73 Å². The molecule has 3 N–H and O–H groups in total. The maximum atomic E-state index is 9.54. The van der Waals surface area contributed by atoms with Crippen molar-refractivity contribution in [3.8, 4) is 12.1 Å². The van der Waals surface area contributed by atoms with Crippen LogP contribution in [0.4, 0.5) is 5.82 Å². The fourth-order valence-corrected chi connectivity index (χ4v) is 2.49. The second-order valence-corrected chi connectivity index (χ2v) is 5.63. The first kappa shape index (κ1) is 17.3. The molecule has 0 aliphatic carbocycles. The highest BCUT2D eigenvalue weighted by Gasteiger charge is 2.19. The van der Waals surface area contributed by atoms with E-state index in [1.54, 1.807) is 6.08 Å². The van der Waals surface area contributed by atoms with E-state index in [9.17, 15) is 10.5 Å². The summed E-state index contributed by atoms with van der Waals surface area (Å²) in [4.78, 5) is 0. The van der Waals surface area contributed by atoms with Crippen LogP contribution in [0.5, 0.6) is 0 Å². The maximum Gasteiger partial charge on any atom is 0.140 e. The van der Waals surface area contributed by atoms with Crippen LogP contribution in [0, 0.1) is 43.4 Å². The lowest BCUT2D eigenvalue weighted by Gasteiger charge is -2.06. The summed E-state index contributed by atoms with van der Waals surface area (Å²) in [7, 11) is 0. The summed E-state index contributed by atoms with van der Waals surface area (Å²) >= 11 is 0. The number of nitrogens with zero attached hydrogens (tertiary/aromatic N) is 4. The Labute approximate surface area is 141 Å². The molecule has 6 nitrogen and oxygen atoms in total. The van der Waals surface area contributed by atoms with Gasteiger partial charge in [0.25, 0.3) is 0 Å². The third-order valence-electron chi connectivity index (χ3n) is 3.97. The van der Waals surface area contributed by atoms with Crippen molar-refractivity contribution in [1.82, 2.24) is 9.78 Å². The Morgan fingerprint density at radius 3 is 2.50 bits per heavy atom. The highest BCUT2D eigenvalue weighted by Crippen LogP contribution is 2.26. The van der Waals surface area contributed by atoms with E-state index in [2.05, 4.69) is 17.2 Å². The van der Waals surface area contributed by atoms with E-state index < -0.39 is 0 Å². The van der Waals surface area contributed by atoms with Gasteiger partial charge in [-0.25, -0.2) is 4.68 Å². The molecule has 1 aromatic carbocycles. The smallest absolute Gasteiger partial charge is 0.140 e. The first-order valence-electron chi connectivity index (χ1n) is 7.50. The van der Waals surface area contributed by atoms with Crippen LogP contribution in [0.1, 0.15) is 33.5 Å². The van der Waals surface area contributed by atoms with Crippen LogP contribution in [0.3, 0.4) is 0 Å². The Morgan fingerprint density at radius 1 is 1.25 bits per heavy atom. The number of hydrogen-bond donors (Lipinski definition) is 2. The van der Waals surface area contributed by atoms with Crippen LogP contribution >= 0.6 is 0 Å². The molecule has 24 heavy (non-hydrogen) atoms. The number of nitrogen functional groups attached to an aromatic ring is 1. The zero-order valence-corrected chi connectivity index (χ0v) is 14.0. The van der Waals surface area contributed by atoms with Crippen molar-refractivity contribution in [3.05, 3.63) is 45.6 Å². The van der Waals surface area contributed by atoms with Crippen molar-refractivity contribution in [2.75, 3.05) is 12.3 Å². The van der Waals surface area contributed by atoms with Gasteiger partial charge in [0.05, 0.1) is 18.7 Å². The minimum absolute atomic E-state index is 0.151. The van der Waals surface area contributed by atoms with Crippen LogP contribution in [-0.4, -0.2) is 21.5 Å². The number of nitrogens with two attached hydrogens (primary N) is 1. The first-order chi connectivity index (χ1) is 11.4. The lowest BCUT2D eigenvalue weighted by Crippen LogP contribution is -2.07. The van der Waals surface area contributed by atoms with Gasteiger partial charge < -0.3 is 10.8 Å². The molecule has 6 heteroatoms. The number of benzene rings is 1. The van der Waals surface area contributed by atoms with Gasteiger partial charge in [-0.2, -0.15) is 15.6 Å². The van der Waals surface area contributed by atoms with Gasteiger partial charge in [0.2, 0.25) is 0 Å². The monoisotopic (exact) mass is 321 g/mol. The molecular formula is C18H19N5O. The lowest BCUT2D eigenvalue weighted by molar-refractivity contribution is 0.270. The number of aliphatic hydroxyl groups excluding tert-OH is 1. The topological polar surface area (TPSA) is 112 Å². The predicted octanol–water partition coefficient (Wildman–Crippen LogP) is 2.32. The van der Waals surface area contributed by atoms with Gasteiger partial charge in [-0.05, 0) is 49.1 Å². The Bertz CT molecular complexity index is 894. The molecule has 0 fully saturated rings. The number of anilines is 1. The van der Waals surface area contributed by atoms with E-state index in [0.29, 0.717) is 0 Å². The average molecular weight is 321 g/mol. The standard InChI is InChI=1S/C18H19N5O/c1-11-6-13(3)14(7-12(11)2)8-15(9-19)17-16(10-20)18(21)23(22-17)4-5-24/h6-8,24H,4-5,21H2,1-3H3/b15-8+. The number of aryl methyl sites for hydroxylation is 3. The second-order valence-electron chi connectivity index (χ2n) is 5.63. The summed E-state index contributed by atoms with van der Waals surface area (Å²) in [6, 6.07) is 8.16. The molecule has 1 heterocycles. The second kappa shape index (κ2) is 6.99. The summed E-state index contributed by atoms with van der Waals surface area (Å²) in [5.74, 6) is 0.152. The fraction of sp³-hybridized carbons (Fsp3) is 0.278. The zero-order chi connectivity index (χ0) is 17.9. The minimum atomic E-state index is -0.155.